The average molecular weight is 226 g/mol. The van der Waals surface area contributed by atoms with Crippen molar-refractivity contribution in [2.75, 3.05) is 0 Å². The second-order valence-electron chi connectivity index (χ2n) is 1.96. The summed E-state index contributed by atoms with van der Waals surface area (Å²) >= 11 is 6.26. The zero-order valence-electron chi connectivity index (χ0n) is 5.65. The van der Waals surface area contributed by atoms with Gasteiger partial charge in [0.1, 0.15) is 4.21 Å². The largest absolute Gasteiger partial charge is 0.298 e. The monoisotopic (exact) mass is 225 g/mol. The fourth-order valence-corrected chi connectivity index (χ4v) is 2.91. The lowest BCUT2D eigenvalue weighted by molar-refractivity contribution is 0.112. The van der Waals surface area contributed by atoms with Gasteiger partial charge in [-0.1, -0.05) is 11.6 Å². The lowest BCUT2D eigenvalue weighted by atomic mass is 10.4. The van der Waals surface area contributed by atoms with E-state index < -0.39 is 10.0 Å². The Kier molecular flexibility index (Phi) is 2.52. The second-order valence-corrected chi connectivity index (χ2v) is 5.40. The van der Waals surface area contributed by atoms with Crippen LogP contribution in [0.5, 0.6) is 0 Å². The van der Waals surface area contributed by atoms with Crippen LogP contribution in [0.15, 0.2) is 10.3 Å². The first-order valence-electron chi connectivity index (χ1n) is 2.72. The number of sulfonamides is 1. The molecule has 0 amide bonds. The smallest absolute Gasteiger partial charge is 0.248 e. The van der Waals surface area contributed by atoms with Crippen LogP contribution in [0.2, 0.25) is 4.34 Å². The number of hydrogen-bond acceptors (Lipinski definition) is 4. The molecule has 0 spiro atoms. The van der Waals surface area contributed by atoms with Crippen LogP contribution in [0.3, 0.4) is 0 Å². The Balaban J connectivity index is 3.42. The molecule has 0 saturated carbocycles. The van der Waals surface area contributed by atoms with Crippen molar-refractivity contribution in [2.24, 2.45) is 5.14 Å². The van der Waals surface area contributed by atoms with Crippen molar-refractivity contribution in [1.82, 2.24) is 0 Å². The van der Waals surface area contributed by atoms with E-state index in [0.717, 1.165) is 11.3 Å². The van der Waals surface area contributed by atoms with Crippen molar-refractivity contribution >= 4 is 39.2 Å². The molecule has 0 aliphatic carbocycles. The molecule has 1 heterocycles. The zero-order valence-corrected chi connectivity index (χ0v) is 8.04. The zero-order chi connectivity index (χ0) is 9.35. The molecule has 0 unspecified atom stereocenters. The van der Waals surface area contributed by atoms with Crippen LogP contribution in [-0.4, -0.2) is 14.7 Å². The average Bonchev–Trinajstić information content (AvgIpc) is 2.29. The summed E-state index contributed by atoms with van der Waals surface area (Å²) in [6.07, 6.45) is 0.405. The normalized spacial score (nSPS) is 11.5. The molecule has 2 N–H and O–H groups in total. The summed E-state index contributed by atoms with van der Waals surface area (Å²) in [5, 5.41) is 4.81. The predicted octanol–water partition coefficient (Wildman–Crippen LogP) is 0.861. The molecular weight excluding hydrogens is 222 g/mol. The van der Waals surface area contributed by atoms with Crippen molar-refractivity contribution < 1.29 is 13.2 Å². The van der Waals surface area contributed by atoms with E-state index in [1.165, 1.54) is 6.07 Å². The molecule has 0 aromatic carbocycles. The van der Waals surface area contributed by atoms with E-state index in [-0.39, 0.29) is 14.1 Å². The van der Waals surface area contributed by atoms with Crippen LogP contribution in [-0.2, 0) is 10.0 Å². The maximum Gasteiger partial charge on any atom is 0.248 e. The number of hydrogen-bond donors (Lipinski definition) is 1. The van der Waals surface area contributed by atoms with Gasteiger partial charge < -0.3 is 0 Å². The first kappa shape index (κ1) is 9.66. The van der Waals surface area contributed by atoms with Gasteiger partial charge in [0.2, 0.25) is 10.0 Å². The number of carbonyl (C=O) groups is 1. The third-order valence-corrected chi connectivity index (χ3v) is 3.85. The summed E-state index contributed by atoms with van der Waals surface area (Å²) < 4.78 is 21.6. The van der Waals surface area contributed by atoms with Gasteiger partial charge in [0.15, 0.2) is 6.29 Å². The number of nitrogens with two attached hydrogens (primary N) is 1. The third kappa shape index (κ3) is 1.84. The highest BCUT2D eigenvalue weighted by atomic mass is 35.5. The Morgan fingerprint density at radius 3 is 2.50 bits per heavy atom. The van der Waals surface area contributed by atoms with Gasteiger partial charge in [0.25, 0.3) is 0 Å². The number of primary sulfonamides is 1. The molecule has 0 saturated heterocycles. The van der Waals surface area contributed by atoms with Gasteiger partial charge in [-0.05, 0) is 6.07 Å². The van der Waals surface area contributed by atoms with Crippen molar-refractivity contribution in [3.63, 3.8) is 0 Å². The molecule has 0 aliphatic rings. The fourth-order valence-electron chi connectivity index (χ4n) is 0.663. The molecule has 1 aromatic rings. The molecule has 1 rings (SSSR count). The van der Waals surface area contributed by atoms with Gasteiger partial charge in [-0.2, -0.15) is 0 Å². The van der Waals surface area contributed by atoms with Crippen molar-refractivity contribution in [2.45, 2.75) is 4.21 Å². The Labute approximate surface area is 78.0 Å². The lowest BCUT2D eigenvalue weighted by Crippen LogP contribution is -2.11. The topological polar surface area (TPSA) is 77.2 Å². The highest BCUT2D eigenvalue weighted by Gasteiger charge is 2.17. The molecule has 0 fully saturated rings. The minimum atomic E-state index is -3.82. The Morgan fingerprint density at radius 1 is 1.58 bits per heavy atom. The van der Waals surface area contributed by atoms with Crippen molar-refractivity contribution in [1.29, 1.82) is 0 Å². The van der Waals surface area contributed by atoms with Crippen molar-refractivity contribution in [3.05, 3.63) is 16.0 Å². The van der Waals surface area contributed by atoms with Gasteiger partial charge in [-0.25, -0.2) is 13.6 Å². The summed E-state index contributed by atoms with van der Waals surface area (Å²) in [4.78, 5) is 10.3. The van der Waals surface area contributed by atoms with Crippen LogP contribution in [0, 0.1) is 0 Å². The first-order valence-corrected chi connectivity index (χ1v) is 5.46. The molecular formula is C5H4ClNO3S2. The van der Waals surface area contributed by atoms with Crippen LogP contribution in [0.1, 0.15) is 10.4 Å². The van der Waals surface area contributed by atoms with Gasteiger partial charge >= 0.3 is 0 Å². The van der Waals surface area contributed by atoms with Crippen LogP contribution in [0.4, 0.5) is 0 Å². The van der Waals surface area contributed by atoms with E-state index in [4.69, 9.17) is 16.7 Å². The number of rotatable bonds is 2. The van der Waals surface area contributed by atoms with Crippen LogP contribution >= 0.6 is 22.9 Å². The summed E-state index contributed by atoms with van der Waals surface area (Å²) in [5.41, 5.74) is 0.00694. The van der Waals surface area contributed by atoms with Gasteiger partial charge in [-0.15, -0.1) is 11.3 Å². The van der Waals surface area contributed by atoms with E-state index in [0.29, 0.717) is 6.29 Å². The van der Waals surface area contributed by atoms with Crippen LogP contribution < -0.4 is 5.14 Å². The summed E-state index contributed by atoms with van der Waals surface area (Å²) in [7, 11) is -3.82. The highest BCUT2D eigenvalue weighted by molar-refractivity contribution is 7.91. The Morgan fingerprint density at radius 2 is 2.17 bits per heavy atom. The van der Waals surface area contributed by atoms with E-state index in [1.54, 1.807) is 0 Å². The number of carbonyl (C=O) groups excluding carboxylic acids is 1. The molecule has 66 valence electrons. The maximum atomic E-state index is 10.8. The second kappa shape index (κ2) is 3.14. The molecule has 0 radical (unpaired) electrons. The molecule has 0 aliphatic heterocycles. The maximum absolute atomic E-state index is 10.8. The quantitative estimate of drug-likeness (QED) is 0.759. The van der Waals surface area contributed by atoms with E-state index in [9.17, 15) is 13.2 Å². The van der Waals surface area contributed by atoms with Crippen molar-refractivity contribution in [3.8, 4) is 0 Å². The van der Waals surface area contributed by atoms with E-state index in [2.05, 4.69) is 0 Å². The molecule has 7 heteroatoms. The predicted molar refractivity (Wildman–Crippen MR) is 46.1 cm³/mol. The number of thiophene rings is 1. The lowest BCUT2D eigenvalue weighted by Gasteiger charge is -1.91. The number of halogens is 1. The van der Waals surface area contributed by atoms with Gasteiger partial charge in [0.05, 0.1) is 4.34 Å². The van der Waals surface area contributed by atoms with Gasteiger partial charge in [0, 0.05) is 5.56 Å². The van der Waals surface area contributed by atoms with E-state index >= 15 is 0 Å². The molecule has 12 heavy (non-hydrogen) atoms. The molecule has 0 bridgehead atoms. The minimum absolute atomic E-state index is 0.00694. The standard InChI is InChI=1S/C5H4ClNO3S2/c6-4-1-3(2-8)5(11-4)12(7,9)10/h1-2H,(H2,7,9,10). The fraction of sp³-hybridized carbons (Fsp3) is 0. The SMILES string of the molecule is NS(=O)(=O)c1sc(Cl)cc1C=O. The van der Waals surface area contributed by atoms with E-state index in [1.807, 2.05) is 0 Å². The summed E-state index contributed by atoms with van der Waals surface area (Å²) in [6, 6.07) is 1.26. The molecule has 4 nitrogen and oxygen atoms in total. The molecule has 0 atom stereocenters. The minimum Gasteiger partial charge on any atom is -0.298 e. The summed E-state index contributed by atoms with van der Waals surface area (Å²) in [6.45, 7) is 0. The Bertz CT molecular complexity index is 408. The molecule has 1 aromatic heterocycles. The van der Waals surface area contributed by atoms with Gasteiger partial charge in [-0.3, -0.25) is 4.79 Å². The summed E-state index contributed by atoms with van der Waals surface area (Å²) in [5.74, 6) is 0. The highest BCUT2D eigenvalue weighted by Crippen LogP contribution is 2.28. The Hall–Kier alpha value is -0.430. The van der Waals surface area contributed by atoms with Crippen LogP contribution in [0.25, 0.3) is 0 Å². The first-order chi connectivity index (χ1) is 5.45. The number of aldehydes is 1. The third-order valence-electron chi connectivity index (χ3n) is 1.08.